The van der Waals surface area contributed by atoms with Crippen LogP contribution in [0.4, 0.5) is 0 Å². The van der Waals surface area contributed by atoms with Crippen LogP contribution in [-0.4, -0.2) is 6.54 Å². The number of hydrogen-bond donors (Lipinski definition) is 1. The summed E-state index contributed by atoms with van der Waals surface area (Å²) in [5.41, 5.74) is 3.44. The SMILES string of the molecule is CC(C)(C)CCNCc1ccc(C(C)(C)C)cc1. The molecule has 0 saturated heterocycles. The van der Waals surface area contributed by atoms with Crippen LogP contribution in [0, 0.1) is 5.41 Å². The van der Waals surface area contributed by atoms with Crippen molar-refractivity contribution in [1.29, 1.82) is 0 Å². The Bertz CT molecular complexity index is 349. The van der Waals surface area contributed by atoms with Crippen molar-refractivity contribution in [3.05, 3.63) is 35.4 Å². The molecule has 0 unspecified atom stereocenters. The normalized spacial score (nSPS) is 12.8. The predicted molar refractivity (Wildman–Crippen MR) is 80.9 cm³/mol. The van der Waals surface area contributed by atoms with Crippen molar-refractivity contribution in [2.24, 2.45) is 5.41 Å². The fourth-order valence-corrected chi connectivity index (χ4v) is 1.82. The third-order valence-electron chi connectivity index (χ3n) is 3.20. The minimum atomic E-state index is 0.248. The van der Waals surface area contributed by atoms with E-state index in [9.17, 15) is 0 Å². The second kappa shape index (κ2) is 5.88. The Balaban J connectivity index is 2.41. The monoisotopic (exact) mass is 247 g/mol. The number of hydrogen-bond acceptors (Lipinski definition) is 1. The first-order valence-electron chi connectivity index (χ1n) is 6.99. The summed E-state index contributed by atoms with van der Waals surface area (Å²) in [5.74, 6) is 0. The molecule has 1 heteroatoms. The molecule has 1 aromatic rings. The van der Waals surface area contributed by atoms with Crippen LogP contribution in [0.1, 0.15) is 59.1 Å². The highest BCUT2D eigenvalue weighted by Gasteiger charge is 2.12. The molecule has 0 aliphatic rings. The van der Waals surface area contributed by atoms with Gasteiger partial charge >= 0.3 is 0 Å². The summed E-state index contributed by atoms with van der Waals surface area (Å²) in [6, 6.07) is 8.98. The first kappa shape index (κ1) is 15.2. The molecule has 18 heavy (non-hydrogen) atoms. The van der Waals surface area contributed by atoms with Gasteiger partial charge in [-0.25, -0.2) is 0 Å². The van der Waals surface area contributed by atoms with E-state index in [-0.39, 0.29) is 5.41 Å². The van der Waals surface area contributed by atoms with Gasteiger partial charge in [-0.1, -0.05) is 65.8 Å². The Morgan fingerprint density at radius 3 is 1.89 bits per heavy atom. The third kappa shape index (κ3) is 5.68. The van der Waals surface area contributed by atoms with E-state index in [1.165, 1.54) is 17.5 Å². The van der Waals surface area contributed by atoms with Gasteiger partial charge in [0.2, 0.25) is 0 Å². The number of benzene rings is 1. The van der Waals surface area contributed by atoms with Crippen molar-refractivity contribution < 1.29 is 0 Å². The van der Waals surface area contributed by atoms with Gasteiger partial charge in [-0.3, -0.25) is 0 Å². The minimum Gasteiger partial charge on any atom is -0.313 e. The van der Waals surface area contributed by atoms with Crippen LogP contribution < -0.4 is 5.32 Å². The van der Waals surface area contributed by atoms with Crippen molar-refractivity contribution in [3.8, 4) is 0 Å². The van der Waals surface area contributed by atoms with Crippen LogP contribution in [0.5, 0.6) is 0 Å². The van der Waals surface area contributed by atoms with E-state index in [1.807, 2.05) is 0 Å². The molecule has 0 atom stereocenters. The zero-order valence-corrected chi connectivity index (χ0v) is 12.9. The van der Waals surface area contributed by atoms with Crippen molar-refractivity contribution >= 4 is 0 Å². The molecule has 102 valence electrons. The highest BCUT2D eigenvalue weighted by Crippen LogP contribution is 2.22. The molecular formula is C17H29N. The Kier molecular flexibility index (Phi) is 4.98. The first-order valence-corrected chi connectivity index (χ1v) is 6.99. The van der Waals surface area contributed by atoms with Crippen molar-refractivity contribution in [1.82, 2.24) is 5.32 Å². The molecule has 0 aliphatic carbocycles. The molecule has 1 rings (SSSR count). The minimum absolute atomic E-state index is 0.248. The zero-order chi connectivity index (χ0) is 13.8. The molecule has 1 aromatic carbocycles. The van der Waals surface area contributed by atoms with Crippen LogP contribution in [0.15, 0.2) is 24.3 Å². The van der Waals surface area contributed by atoms with E-state index < -0.39 is 0 Å². The van der Waals surface area contributed by atoms with Gasteiger partial charge in [-0.15, -0.1) is 0 Å². The van der Waals surface area contributed by atoms with Gasteiger partial charge in [0.25, 0.3) is 0 Å². The second-order valence-corrected chi connectivity index (χ2v) is 7.43. The fourth-order valence-electron chi connectivity index (χ4n) is 1.82. The first-order chi connectivity index (χ1) is 8.18. The number of rotatable bonds is 4. The molecule has 0 saturated carbocycles. The van der Waals surface area contributed by atoms with Crippen molar-refractivity contribution in [2.45, 2.75) is 59.9 Å². The smallest absolute Gasteiger partial charge is 0.0205 e. The van der Waals surface area contributed by atoms with Gasteiger partial charge in [0, 0.05) is 6.54 Å². The van der Waals surface area contributed by atoms with Crippen LogP contribution in [0.25, 0.3) is 0 Å². The van der Waals surface area contributed by atoms with Gasteiger partial charge in [0.1, 0.15) is 0 Å². The maximum absolute atomic E-state index is 3.52. The molecule has 0 fully saturated rings. The Hall–Kier alpha value is -0.820. The lowest BCUT2D eigenvalue weighted by Gasteiger charge is -2.20. The topological polar surface area (TPSA) is 12.0 Å². The van der Waals surface area contributed by atoms with Gasteiger partial charge in [0.05, 0.1) is 0 Å². The molecule has 1 nitrogen and oxygen atoms in total. The van der Waals surface area contributed by atoms with E-state index in [2.05, 4.69) is 71.1 Å². The van der Waals surface area contributed by atoms with Crippen LogP contribution in [0.3, 0.4) is 0 Å². The highest BCUT2D eigenvalue weighted by atomic mass is 14.8. The van der Waals surface area contributed by atoms with Gasteiger partial charge in [-0.05, 0) is 34.9 Å². The molecule has 0 heterocycles. The summed E-state index contributed by atoms with van der Waals surface area (Å²) in [4.78, 5) is 0. The summed E-state index contributed by atoms with van der Waals surface area (Å²) in [6.07, 6.45) is 1.22. The zero-order valence-electron chi connectivity index (χ0n) is 12.9. The van der Waals surface area contributed by atoms with Crippen LogP contribution >= 0.6 is 0 Å². The number of nitrogens with one attached hydrogen (secondary N) is 1. The molecule has 0 aliphatic heterocycles. The standard InChI is InChI=1S/C17H29N/c1-16(2,3)11-12-18-13-14-7-9-15(10-8-14)17(4,5)6/h7-10,18H,11-13H2,1-6H3. The van der Waals surface area contributed by atoms with E-state index in [1.54, 1.807) is 0 Å². The van der Waals surface area contributed by atoms with Gasteiger partial charge in [-0.2, -0.15) is 0 Å². The molecule has 0 aromatic heterocycles. The average molecular weight is 247 g/mol. The molecule has 0 spiro atoms. The quantitative estimate of drug-likeness (QED) is 0.772. The van der Waals surface area contributed by atoms with E-state index >= 15 is 0 Å². The molecule has 0 bridgehead atoms. The van der Waals surface area contributed by atoms with Gasteiger partial charge < -0.3 is 5.32 Å². The highest BCUT2D eigenvalue weighted by molar-refractivity contribution is 5.27. The maximum Gasteiger partial charge on any atom is 0.0205 e. The van der Waals surface area contributed by atoms with Gasteiger partial charge in [0.15, 0.2) is 0 Å². The maximum atomic E-state index is 3.52. The fraction of sp³-hybridized carbons (Fsp3) is 0.647. The summed E-state index contributed by atoms with van der Waals surface area (Å²) in [6.45, 7) is 15.7. The summed E-state index contributed by atoms with van der Waals surface area (Å²) < 4.78 is 0. The lowest BCUT2D eigenvalue weighted by atomic mass is 9.87. The lowest BCUT2D eigenvalue weighted by molar-refractivity contribution is 0.366. The Labute approximate surface area is 113 Å². The average Bonchev–Trinajstić information content (AvgIpc) is 2.22. The Morgan fingerprint density at radius 2 is 1.44 bits per heavy atom. The van der Waals surface area contributed by atoms with E-state index in [0.717, 1.165) is 13.1 Å². The largest absolute Gasteiger partial charge is 0.313 e. The van der Waals surface area contributed by atoms with Crippen molar-refractivity contribution in [3.63, 3.8) is 0 Å². The molecule has 0 amide bonds. The van der Waals surface area contributed by atoms with Crippen molar-refractivity contribution in [2.75, 3.05) is 6.54 Å². The third-order valence-corrected chi connectivity index (χ3v) is 3.20. The predicted octanol–water partition coefficient (Wildman–Crippen LogP) is 4.51. The van der Waals surface area contributed by atoms with E-state index in [4.69, 9.17) is 0 Å². The molecule has 0 radical (unpaired) electrons. The van der Waals surface area contributed by atoms with Crippen LogP contribution in [-0.2, 0) is 12.0 Å². The Morgan fingerprint density at radius 1 is 0.889 bits per heavy atom. The summed E-state index contributed by atoms with van der Waals surface area (Å²) >= 11 is 0. The summed E-state index contributed by atoms with van der Waals surface area (Å²) in [5, 5.41) is 3.52. The lowest BCUT2D eigenvalue weighted by Crippen LogP contribution is -2.20. The van der Waals surface area contributed by atoms with Crippen LogP contribution in [0.2, 0.25) is 0 Å². The molecule has 1 N–H and O–H groups in total. The van der Waals surface area contributed by atoms with E-state index in [0.29, 0.717) is 5.41 Å². The second-order valence-electron chi connectivity index (χ2n) is 7.43. The summed E-state index contributed by atoms with van der Waals surface area (Å²) in [7, 11) is 0. The molecular weight excluding hydrogens is 218 g/mol.